The Morgan fingerprint density at radius 1 is 0.956 bits per heavy atom. The van der Waals surface area contributed by atoms with E-state index in [0.717, 1.165) is 6.07 Å². The summed E-state index contributed by atoms with van der Waals surface area (Å²) < 4.78 is 52.7. The van der Waals surface area contributed by atoms with Crippen molar-refractivity contribution in [3.05, 3.63) is 65.7 Å². The van der Waals surface area contributed by atoms with Crippen molar-refractivity contribution in [1.29, 1.82) is 5.41 Å². The average molecular weight is 662 g/mol. The molecule has 11 N–H and O–H groups in total. The van der Waals surface area contributed by atoms with Gasteiger partial charge in [0.15, 0.2) is 0 Å². The molecule has 0 atom stereocenters. The van der Waals surface area contributed by atoms with Crippen LogP contribution in [0.15, 0.2) is 64.4 Å². The fraction of sp³-hybridized carbons (Fsp3) is 0.222. The van der Waals surface area contributed by atoms with Crippen LogP contribution in [0.5, 0.6) is 0 Å². The molecule has 0 spiro atoms. The number of aromatic nitrogens is 2. The molecule has 240 valence electrons. The Morgan fingerprint density at radius 3 is 2.18 bits per heavy atom. The van der Waals surface area contributed by atoms with E-state index in [1.165, 1.54) is 72.1 Å². The summed E-state index contributed by atoms with van der Waals surface area (Å²) in [5, 5.41) is 48.5. The second-order valence-electron chi connectivity index (χ2n) is 10.5. The zero-order chi connectivity index (χ0) is 33.3. The van der Waals surface area contributed by atoms with Crippen molar-refractivity contribution in [3.63, 3.8) is 0 Å². The number of hydrogen-bond donors (Lipinski definition) is 10. The topological polar surface area (TPSA) is 281 Å². The van der Waals surface area contributed by atoms with Gasteiger partial charge >= 0.3 is 0 Å². The molecule has 3 aromatic carbocycles. The molecule has 0 radical (unpaired) electrons. The lowest BCUT2D eigenvalue weighted by Crippen LogP contribution is -2.48. The minimum Gasteiger partial charge on any atom is -0.394 e. The van der Waals surface area contributed by atoms with Gasteiger partial charge in [-0.3, -0.25) is 10.2 Å². The third-order valence-electron chi connectivity index (χ3n) is 7.18. The summed E-state index contributed by atoms with van der Waals surface area (Å²) >= 11 is 0. The van der Waals surface area contributed by atoms with Crippen LogP contribution in [0.2, 0.25) is 0 Å². The Kier molecular flexibility index (Phi) is 9.43. The summed E-state index contributed by atoms with van der Waals surface area (Å²) in [4.78, 5) is 22.2. The predicted octanol–water partition coefficient (Wildman–Crippen LogP) is 0.263. The van der Waals surface area contributed by atoms with Crippen LogP contribution in [-0.2, 0) is 30.3 Å². The second-order valence-corrected chi connectivity index (χ2v) is 13.7. The number of carbonyl (C=O) groups is 1. The Morgan fingerprint density at radius 2 is 1.58 bits per heavy atom. The van der Waals surface area contributed by atoms with Crippen molar-refractivity contribution in [2.24, 2.45) is 5.73 Å². The molecule has 0 unspecified atom stereocenters. The van der Waals surface area contributed by atoms with Gasteiger partial charge in [-0.2, -0.15) is 0 Å². The lowest BCUT2D eigenvalue weighted by Gasteiger charge is -2.28. The largest absolute Gasteiger partial charge is 0.394 e. The molecule has 0 saturated heterocycles. The van der Waals surface area contributed by atoms with E-state index in [0.29, 0.717) is 16.6 Å². The highest BCUT2D eigenvalue weighted by Crippen LogP contribution is 2.42. The summed E-state index contributed by atoms with van der Waals surface area (Å²) in [6.07, 6.45) is 0. The van der Waals surface area contributed by atoms with Crippen LogP contribution in [0.3, 0.4) is 0 Å². The predicted molar refractivity (Wildman–Crippen MR) is 161 cm³/mol. The van der Waals surface area contributed by atoms with E-state index in [-0.39, 0.29) is 33.9 Å². The van der Waals surface area contributed by atoms with Crippen LogP contribution in [0.4, 0.5) is 0 Å². The van der Waals surface area contributed by atoms with E-state index in [4.69, 9.17) is 11.1 Å². The minimum absolute atomic E-state index is 0.0805. The summed E-state index contributed by atoms with van der Waals surface area (Å²) in [6, 6.07) is 11.2. The molecule has 0 saturated carbocycles. The van der Waals surface area contributed by atoms with Crippen LogP contribution >= 0.6 is 0 Å². The molecule has 1 heterocycles. The lowest BCUT2D eigenvalue weighted by atomic mass is 9.81. The first-order valence-electron chi connectivity index (χ1n) is 13.1. The number of nitrogens with one attached hydrogen (secondary N) is 5. The molecule has 1 amide bonds. The number of H-pyrrole nitrogens is 1. The molecular weight excluding hydrogens is 630 g/mol. The number of aromatic amines is 1. The fourth-order valence-electron chi connectivity index (χ4n) is 4.62. The molecule has 0 aliphatic heterocycles. The molecule has 1 aromatic heterocycles. The molecule has 4 rings (SSSR count). The van der Waals surface area contributed by atoms with E-state index >= 15 is 0 Å². The van der Waals surface area contributed by atoms with Crippen LogP contribution < -0.4 is 20.8 Å². The third kappa shape index (κ3) is 6.44. The smallest absolute Gasteiger partial charge is 0.263 e. The number of aliphatic hydroxyl groups excluding tert-OH is 2. The molecule has 45 heavy (non-hydrogen) atoms. The van der Waals surface area contributed by atoms with Gasteiger partial charge < -0.3 is 36.7 Å². The number of nitrogens with two attached hydrogens (primary N) is 1. The van der Waals surface area contributed by atoms with Gasteiger partial charge in [0.1, 0.15) is 16.6 Å². The summed E-state index contributed by atoms with van der Waals surface area (Å²) in [5.41, 5.74) is 4.52. The molecule has 0 fully saturated rings. The summed E-state index contributed by atoms with van der Waals surface area (Å²) in [5.74, 6) is -1.00. The molecule has 4 aromatic rings. The van der Waals surface area contributed by atoms with E-state index in [2.05, 4.69) is 15.3 Å². The summed E-state index contributed by atoms with van der Waals surface area (Å²) in [7, 11) is -9.45. The van der Waals surface area contributed by atoms with Crippen molar-refractivity contribution in [2.75, 3.05) is 13.2 Å². The van der Waals surface area contributed by atoms with Gasteiger partial charge in [0, 0.05) is 22.3 Å². The highest BCUT2D eigenvalue weighted by Gasteiger charge is 2.36. The molecule has 18 heteroatoms. The lowest BCUT2D eigenvalue weighted by molar-refractivity contribution is -0.127. The van der Waals surface area contributed by atoms with Gasteiger partial charge in [0.2, 0.25) is 5.91 Å². The second kappa shape index (κ2) is 12.6. The number of hydrogen-bond acceptors (Lipinski definition) is 11. The van der Waals surface area contributed by atoms with Crippen molar-refractivity contribution in [3.8, 4) is 22.5 Å². The van der Waals surface area contributed by atoms with Gasteiger partial charge in [-0.1, -0.05) is 28.0 Å². The Bertz CT molecular complexity index is 2010. The van der Waals surface area contributed by atoms with Gasteiger partial charge in [-0.05, 0) is 55.8 Å². The van der Waals surface area contributed by atoms with Gasteiger partial charge in [0.25, 0.3) is 20.0 Å². The molecular formula is C27H31N7O9S2. The normalized spacial score (nSPS) is 12.5. The maximum Gasteiger partial charge on any atom is 0.263 e. The van der Waals surface area contributed by atoms with Gasteiger partial charge in [-0.25, -0.2) is 21.8 Å². The fourth-order valence-corrected chi connectivity index (χ4v) is 6.44. The standard InChI is InChI=1S/C27H31N7O9S2/c1-27(2,26(37)30-16(12-35)13-36)15-10-18(17-5-3-4-6-22(17)44(40,41)33-38)23(45(42,43)34-39)19(11-15)25-31-20-8-7-14(24(28)29)9-21(20)32-25/h3-11,16,33-36,38-39H,12-13H2,1-2H3,(H3,28,29)(H,30,37)(H,31,32). The van der Waals surface area contributed by atoms with Crippen LogP contribution in [0.1, 0.15) is 25.0 Å². The number of aliphatic hydroxyl groups is 2. The number of rotatable bonds is 12. The van der Waals surface area contributed by atoms with E-state index in [1.807, 2.05) is 0 Å². The molecule has 0 aliphatic carbocycles. The van der Waals surface area contributed by atoms with Crippen LogP contribution in [0.25, 0.3) is 33.5 Å². The first-order chi connectivity index (χ1) is 21.1. The quantitative estimate of drug-likeness (QED) is 0.0558. The first-order valence-corrected chi connectivity index (χ1v) is 16.0. The highest BCUT2D eigenvalue weighted by atomic mass is 32.2. The minimum atomic E-state index is -4.85. The molecule has 0 aliphatic rings. The average Bonchev–Trinajstić information content (AvgIpc) is 3.46. The Labute approximate surface area is 257 Å². The maximum atomic E-state index is 13.5. The van der Waals surface area contributed by atoms with Crippen molar-refractivity contribution < 1.29 is 42.3 Å². The van der Waals surface area contributed by atoms with Crippen LogP contribution in [0, 0.1) is 5.41 Å². The van der Waals surface area contributed by atoms with Gasteiger partial charge in [0.05, 0.1) is 40.6 Å². The van der Waals surface area contributed by atoms with Crippen LogP contribution in [-0.4, -0.2) is 78.4 Å². The number of imidazole rings is 1. The van der Waals surface area contributed by atoms with E-state index in [9.17, 15) is 42.3 Å². The number of benzene rings is 3. The first kappa shape index (κ1) is 33.6. The number of carbonyl (C=O) groups excluding carboxylic acids is 1. The zero-order valence-corrected chi connectivity index (χ0v) is 25.5. The number of sulfonamides is 2. The maximum absolute atomic E-state index is 13.5. The number of nitrogens with zero attached hydrogens (tertiary/aromatic N) is 1. The Balaban J connectivity index is 2.16. The Hall–Kier alpha value is -4.27. The number of amides is 1. The molecule has 0 bridgehead atoms. The number of nitrogen functional groups attached to an aromatic ring is 1. The van der Waals surface area contributed by atoms with Crippen molar-refractivity contribution in [2.45, 2.75) is 35.1 Å². The zero-order valence-electron chi connectivity index (χ0n) is 23.9. The van der Waals surface area contributed by atoms with E-state index in [1.54, 1.807) is 0 Å². The van der Waals surface area contributed by atoms with Gasteiger partial charge in [-0.15, -0.1) is 0 Å². The van der Waals surface area contributed by atoms with Crippen molar-refractivity contribution >= 4 is 42.8 Å². The summed E-state index contributed by atoms with van der Waals surface area (Å²) in [6.45, 7) is 1.81. The number of fused-ring (bicyclic) bond motifs is 1. The highest BCUT2D eigenvalue weighted by molar-refractivity contribution is 7.90. The number of amidine groups is 1. The SMILES string of the molecule is CC(C)(C(=O)NC(CO)CO)c1cc(-c2nc3ccc(C(=N)N)cc3[nH]2)c(S(=O)(=O)NO)c(-c2ccccc2S(=O)(=O)NO)c1. The molecule has 16 nitrogen and oxygen atoms in total. The third-order valence-corrected chi connectivity index (χ3v) is 9.57. The van der Waals surface area contributed by atoms with Crippen molar-refractivity contribution in [1.82, 2.24) is 25.1 Å². The monoisotopic (exact) mass is 661 g/mol. The van der Waals surface area contributed by atoms with E-state index < -0.39 is 60.4 Å².